The molecule has 1 heterocycles. The van der Waals surface area contributed by atoms with Crippen LogP contribution in [0.3, 0.4) is 0 Å². The average Bonchev–Trinajstić information content (AvgIpc) is 2.94. The zero-order valence-electron chi connectivity index (χ0n) is 13.8. The van der Waals surface area contributed by atoms with Gasteiger partial charge in [-0.3, -0.25) is 9.59 Å². The van der Waals surface area contributed by atoms with Gasteiger partial charge in [-0.1, -0.05) is 19.8 Å². The van der Waals surface area contributed by atoms with Crippen LogP contribution in [0.15, 0.2) is 0 Å². The third kappa shape index (κ3) is 4.46. The van der Waals surface area contributed by atoms with E-state index in [1.54, 1.807) is 11.8 Å². The molecule has 1 aliphatic heterocycles. The monoisotopic (exact) mass is 345 g/mol. The van der Waals surface area contributed by atoms with Crippen LogP contribution in [0, 0.1) is 5.41 Å². The number of likely N-dealkylation sites (tertiary alicyclic amines) is 1. The zero-order valence-corrected chi connectivity index (χ0v) is 14.6. The lowest BCUT2D eigenvalue weighted by Crippen LogP contribution is -2.44. The fourth-order valence-electron chi connectivity index (χ4n) is 3.99. The highest BCUT2D eigenvalue weighted by molar-refractivity contribution is 7.92. The normalized spacial score (nSPS) is 22.2. The van der Waals surface area contributed by atoms with Gasteiger partial charge in [-0.2, -0.15) is 0 Å². The topological polar surface area (TPSA) is 91.8 Å². The lowest BCUT2D eigenvalue weighted by atomic mass is 9.79. The first kappa shape index (κ1) is 18.2. The van der Waals surface area contributed by atoms with Gasteiger partial charge in [0.2, 0.25) is 5.91 Å². The van der Waals surface area contributed by atoms with Gasteiger partial charge in [0.05, 0.1) is 11.7 Å². The van der Waals surface area contributed by atoms with Gasteiger partial charge in [-0.05, 0) is 31.1 Å². The van der Waals surface area contributed by atoms with Crippen molar-refractivity contribution in [3.63, 3.8) is 0 Å². The van der Waals surface area contributed by atoms with Gasteiger partial charge in [0.1, 0.15) is 0 Å². The van der Waals surface area contributed by atoms with Gasteiger partial charge in [0, 0.05) is 25.3 Å². The number of carbonyl (C=O) groups excluding carboxylic acids is 1. The van der Waals surface area contributed by atoms with Crippen molar-refractivity contribution >= 4 is 21.7 Å². The summed E-state index contributed by atoms with van der Waals surface area (Å²) in [6.45, 7) is 2.58. The number of hydrogen-bond donors (Lipinski definition) is 1. The van der Waals surface area contributed by atoms with Crippen molar-refractivity contribution in [1.29, 1.82) is 0 Å². The molecule has 6 nitrogen and oxygen atoms in total. The van der Waals surface area contributed by atoms with Gasteiger partial charge in [0.15, 0.2) is 9.84 Å². The summed E-state index contributed by atoms with van der Waals surface area (Å²) >= 11 is 0. The Morgan fingerprint density at radius 2 is 1.70 bits per heavy atom. The lowest BCUT2D eigenvalue weighted by Gasteiger charge is -2.35. The van der Waals surface area contributed by atoms with Crippen LogP contribution in [-0.4, -0.2) is 54.4 Å². The number of rotatable bonds is 6. The molecule has 0 bridgehead atoms. The minimum atomic E-state index is -3.04. The van der Waals surface area contributed by atoms with E-state index < -0.39 is 21.2 Å². The van der Waals surface area contributed by atoms with Crippen molar-refractivity contribution in [2.24, 2.45) is 5.41 Å². The molecule has 1 saturated heterocycles. The SMILES string of the molecule is CCS(=O)(=O)C1CCN(C(=O)CC2(CC(=O)O)CCCC2)CC1. The molecule has 7 heteroatoms. The van der Waals surface area contributed by atoms with Crippen LogP contribution in [-0.2, 0) is 19.4 Å². The predicted molar refractivity (Wildman–Crippen MR) is 86.8 cm³/mol. The molecule has 0 aromatic heterocycles. The highest BCUT2D eigenvalue weighted by Crippen LogP contribution is 2.44. The Morgan fingerprint density at radius 1 is 1.13 bits per heavy atom. The summed E-state index contributed by atoms with van der Waals surface area (Å²) in [4.78, 5) is 25.4. The molecule has 1 N–H and O–H groups in total. The first-order chi connectivity index (χ1) is 10.8. The molecule has 2 aliphatic rings. The van der Waals surface area contributed by atoms with Gasteiger partial charge < -0.3 is 10.0 Å². The molecule has 0 atom stereocenters. The zero-order chi connectivity index (χ0) is 17.1. The molecule has 1 saturated carbocycles. The second-order valence-electron chi connectivity index (χ2n) is 6.99. The Morgan fingerprint density at radius 3 is 2.17 bits per heavy atom. The number of piperidine rings is 1. The number of aliphatic carboxylic acids is 1. The smallest absolute Gasteiger partial charge is 0.303 e. The fourth-order valence-corrected chi connectivity index (χ4v) is 5.39. The molecule has 0 unspecified atom stereocenters. The lowest BCUT2D eigenvalue weighted by molar-refractivity contribution is -0.141. The van der Waals surface area contributed by atoms with Crippen LogP contribution < -0.4 is 0 Å². The van der Waals surface area contributed by atoms with Crippen molar-refractivity contribution in [2.45, 2.75) is 63.5 Å². The summed E-state index contributed by atoms with van der Waals surface area (Å²) in [5.41, 5.74) is -0.394. The number of sulfone groups is 1. The maximum Gasteiger partial charge on any atom is 0.303 e. The van der Waals surface area contributed by atoms with Crippen molar-refractivity contribution in [3.05, 3.63) is 0 Å². The number of carboxylic acids is 1. The minimum Gasteiger partial charge on any atom is -0.481 e. The van der Waals surface area contributed by atoms with E-state index in [0.29, 0.717) is 25.9 Å². The largest absolute Gasteiger partial charge is 0.481 e. The van der Waals surface area contributed by atoms with E-state index in [2.05, 4.69) is 0 Å². The number of hydrogen-bond acceptors (Lipinski definition) is 4. The second kappa shape index (κ2) is 7.20. The van der Waals surface area contributed by atoms with E-state index in [9.17, 15) is 18.0 Å². The van der Waals surface area contributed by atoms with Crippen molar-refractivity contribution in [2.75, 3.05) is 18.8 Å². The summed E-state index contributed by atoms with van der Waals surface area (Å²) in [5, 5.41) is 8.79. The third-order valence-electron chi connectivity index (χ3n) is 5.42. The van der Waals surface area contributed by atoms with Gasteiger partial charge in [0.25, 0.3) is 0 Å². The summed E-state index contributed by atoms with van der Waals surface area (Å²) in [6, 6.07) is 0. The number of amides is 1. The molecule has 0 aromatic rings. The molecule has 1 amide bonds. The third-order valence-corrected chi connectivity index (χ3v) is 7.71. The molecule has 1 aliphatic carbocycles. The molecular weight excluding hydrogens is 318 g/mol. The molecule has 23 heavy (non-hydrogen) atoms. The van der Waals surface area contributed by atoms with Gasteiger partial charge >= 0.3 is 5.97 Å². The van der Waals surface area contributed by atoms with Crippen LogP contribution in [0.5, 0.6) is 0 Å². The number of carboxylic acid groups (broad SMARTS) is 1. The maximum absolute atomic E-state index is 12.6. The second-order valence-corrected chi connectivity index (χ2v) is 9.56. The average molecular weight is 345 g/mol. The van der Waals surface area contributed by atoms with Crippen LogP contribution in [0.4, 0.5) is 0 Å². The summed E-state index contributed by atoms with van der Waals surface area (Å²) in [5.74, 6) is -0.708. The number of nitrogens with zero attached hydrogens (tertiary/aromatic N) is 1. The minimum absolute atomic E-state index is 0.0134. The standard InChI is InChI=1S/C16H27NO5S/c1-2-23(21,22)13-5-9-17(10-6-13)14(18)11-16(12-15(19)20)7-3-4-8-16/h13H,2-12H2,1H3,(H,19,20). The van der Waals surface area contributed by atoms with Gasteiger partial charge in [-0.25, -0.2) is 8.42 Å². The van der Waals surface area contributed by atoms with E-state index >= 15 is 0 Å². The van der Waals surface area contributed by atoms with E-state index in [0.717, 1.165) is 25.7 Å². The Balaban J connectivity index is 1.93. The molecular formula is C16H27NO5S. The predicted octanol–water partition coefficient (Wildman–Crippen LogP) is 1.84. The molecule has 0 spiro atoms. The van der Waals surface area contributed by atoms with E-state index in [4.69, 9.17) is 5.11 Å². The van der Waals surface area contributed by atoms with E-state index in [-0.39, 0.29) is 29.8 Å². The molecule has 0 radical (unpaired) electrons. The van der Waals surface area contributed by atoms with E-state index in [1.165, 1.54) is 0 Å². The Labute approximate surface area is 138 Å². The molecule has 132 valence electrons. The highest BCUT2D eigenvalue weighted by atomic mass is 32.2. The maximum atomic E-state index is 12.6. The summed E-state index contributed by atoms with van der Waals surface area (Å²) < 4.78 is 23.8. The summed E-state index contributed by atoms with van der Waals surface area (Å²) in [6.07, 6.45) is 4.89. The molecule has 2 fully saturated rings. The van der Waals surface area contributed by atoms with Crippen molar-refractivity contribution in [3.8, 4) is 0 Å². The van der Waals surface area contributed by atoms with Gasteiger partial charge in [-0.15, -0.1) is 0 Å². The molecule has 0 aromatic carbocycles. The van der Waals surface area contributed by atoms with Crippen molar-refractivity contribution in [1.82, 2.24) is 4.90 Å². The fraction of sp³-hybridized carbons (Fsp3) is 0.875. The highest BCUT2D eigenvalue weighted by Gasteiger charge is 2.40. The Kier molecular flexibility index (Phi) is 5.70. The van der Waals surface area contributed by atoms with Crippen LogP contribution in [0.2, 0.25) is 0 Å². The van der Waals surface area contributed by atoms with Crippen LogP contribution in [0.25, 0.3) is 0 Å². The van der Waals surface area contributed by atoms with Crippen LogP contribution in [0.1, 0.15) is 58.3 Å². The van der Waals surface area contributed by atoms with E-state index in [1.807, 2.05) is 0 Å². The van der Waals surface area contributed by atoms with Crippen LogP contribution >= 0.6 is 0 Å². The summed E-state index contributed by atoms with van der Waals surface area (Å²) in [7, 11) is -3.04. The number of carbonyl (C=O) groups is 2. The van der Waals surface area contributed by atoms with Crippen molar-refractivity contribution < 1.29 is 23.1 Å². The Bertz CT molecular complexity index is 543. The Hall–Kier alpha value is -1.11. The first-order valence-corrected chi connectivity index (χ1v) is 10.2. The quantitative estimate of drug-likeness (QED) is 0.793. The first-order valence-electron chi connectivity index (χ1n) is 8.49. The molecule has 2 rings (SSSR count).